The van der Waals surface area contributed by atoms with Crippen LogP contribution in [0.4, 0.5) is 11.4 Å². The van der Waals surface area contributed by atoms with Crippen LogP contribution in [0, 0.1) is 0 Å². The summed E-state index contributed by atoms with van der Waals surface area (Å²) in [6.07, 6.45) is 0.258. The van der Waals surface area contributed by atoms with Gasteiger partial charge in [0.25, 0.3) is 0 Å². The van der Waals surface area contributed by atoms with Gasteiger partial charge in [-0.3, -0.25) is 19.2 Å². The van der Waals surface area contributed by atoms with Crippen molar-refractivity contribution in [3.05, 3.63) is 46.5 Å². The van der Waals surface area contributed by atoms with Gasteiger partial charge in [0.2, 0.25) is 23.4 Å². The van der Waals surface area contributed by atoms with Crippen LogP contribution >= 0.6 is 0 Å². The van der Waals surface area contributed by atoms with E-state index in [4.69, 9.17) is 22.9 Å². The monoisotopic (exact) mass is 498 g/mol. The Labute approximate surface area is 207 Å². The molecule has 0 saturated carbocycles. The number of carbonyl (C=O) groups is 4. The average Bonchev–Trinajstić information content (AvgIpc) is 2.78. The summed E-state index contributed by atoms with van der Waals surface area (Å²) < 4.78 is 0. The van der Waals surface area contributed by atoms with Crippen LogP contribution in [0.2, 0.25) is 0 Å². The van der Waals surface area contributed by atoms with Crippen molar-refractivity contribution in [1.29, 1.82) is 0 Å². The second kappa shape index (κ2) is 9.47. The van der Waals surface area contributed by atoms with Gasteiger partial charge in [0.05, 0.1) is 33.3 Å². The van der Waals surface area contributed by atoms with E-state index in [9.17, 15) is 29.4 Å². The number of primary amides is 2. The number of phenols is 2. The molecule has 0 heterocycles. The topological polar surface area (TPSA) is 237 Å². The summed E-state index contributed by atoms with van der Waals surface area (Å²) in [5, 5.41) is 26.7. The summed E-state index contributed by atoms with van der Waals surface area (Å²) in [5.41, 5.74) is 19.6. The van der Waals surface area contributed by atoms with Crippen molar-refractivity contribution in [2.45, 2.75) is 37.8 Å². The lowest BCUT2D eigenvalue weighted by molar-refractivity contribution is -0.123. The number of aromatic hydroxyl groups is 2. The number of phenolic OH excluding ortho intramolecular Hbond substituents is 2. The van der Waals surface area contributed by atoms with Crippen molar-refractivity contribution in [3.8, 4) is 11.5 Å². The van der Waals surface area contributed by atoms with Crippen molar-refractivity contribution in [2.75, 3.05) is 23.7 Å². The van der Waals surface area contributed by atoms with Crippen molar-refractivity contribution >= 4 is 34.8 Å². The van der Waals surface area contributed by atoms with Crippen molar-refractivity contribution < 1.29 is 29.4 Å². The van der Waals surface area contributed by atoms with Crippen LogP contribution < -0.4 is 33.6 Å². The zero-order chi connectivity index (χ0) is 27.0. The zero-order valence-electron chi connectivity index (χ0n) is 20.0. The van der Waals surface area contributed by atoms with E-state index in [-0.39, 0.29) is 59.6 Å². The minimum Gasteiger partial charge on any atom is -0.507 e. The fourth-order valence-corrected chi connectivity index (χ4v) is 3.82. The molecule has 0 saturated heterocycles. The molecule has 0 radical (unpaired) electrons. The molecule has 1 aliphatic rings. The van der Waals surface area contributed by atoms with E-state index < -0.39 is 46.0 Å². The molecular formula is C24H30N6O6. The third-order valence-electron chi connectivity index (χ3n) is 6.32. The highest BCUT2D eigenvalue weighted by atomic mass is 16.3. The molecule has 0 bridgehead atoms. The maximum Gasteiger partial charge on any atom is 0.237 e. The summed E-state index contributed by atoms with van der Waals surface area (Å²) in [6.45, 7) is 3.23. The van der Waals surface area contributed by atoms with Gasteiger partial charge in [-0.15, -0.1) is 0 Å². The van der Waals surface area contributed by atoms with Crippen molar-refractivity contribution in [2.24, 2.45) is 22.9 Å². The van der Waals surface area contributed by atoms with Gasteiger partial charge in [-0.2, -0.15) is 0 Å². The molecule has 2 unspecified atom stereocenters. The first kappa shape index (κ1) is 26.4. The van der Waals surface area contributed by atoms with Gasteiger partial charge in [-0.05, 0) is 51.0 Å². The Kier molecular flexibility index (Phi) is 6.96. The van der Waals surface area contributed by atoms with E-state index in [0.29, 0.717) is 0 Å². The molecule has 192 valence electrons. The van der Waals surface area contributed by atoms with Crippen molar-refractivity contribution in [1.82, 2.24) is 0 Å². The number of carbonyl (C=O) groups excluding carboxylic acids is 4. The largest absolute Gasteiger partial charge is 0.507 e. The van der Waals surface area contributed by atoms with Crippen LogP contribution in [0.1, 0.15) is 58.5 Å². The maximum atomic E-state index is 13.5. The SMILES string of the molecule is CC(N)(CCNc1ccc(NCCC(C)(N)C(N)=O)c2c1C(=O)c1c(O)ccc(O)c1C2=O)C(N)=O. The number of nitrogens with two attached hydrogens (primary N) is 4. The predicted molar refractivity (Wildman–Crippen MR) is 133 cm³/mol. The van der Waals surface area contributed by atoms with Gasteiger partial charge in [0.15, 0.2) is 0 Å². The Morgan fingerprint density at radius 1 is 0.722 bits per heavy atom. The van der Waals surface area contributed by atoms with Gasteiger partial charge >= 0.3 is 0 Å². The third kappa shape index (κ3) is 4.81. The molecule has 36 heavy (non-hydrogen) atoms. The molecule has 0 aliphatic heterocycles. The number of hydrogen-bond donors (Lipinski definition) is 8. The maximum absolute atomic E-state index is 13.5. The molecule has 12 heteroatoms. The second-order valence-electron chi connectivity index (χ2n) is 9.34. The number of rotatable bonds is 10. The van der Waals surface area contributed by atoms with Gasteiger partial charge in [0.1, 0.15) is 11.5 Å². The second-order valence-corrected chi connectivity index (χ2v) is 9.34. The number of fused-ring (bicyclic) bond motifs is 2. The van der Waals surface area contributed by atoms with Crippen LogP contribution in [0.5, 0.6) is 11.5 Å². The summed E-state index contributed by atoms with van der Waals surface area (Å²) >= 11 is 0. The van der Waals surface area contributed by atoms with Gasteiger partial charge in [0, 0.05) is 24.5 Å². The Morgan fingerprint density at radius 2 is 1.06 bits per heavy atom. The van der Waals surface area contributed by atoms with E-state index in [1.54, 1.807) is 12.1 Å². The van der Waals surface area contributed by atoms with E-state index in [2.05, 4.69) is 10.6 Å². The Hall–Kier alpha value is -4.16. The fraction of sp³-hybridized carbons (Fsp3) is 0.333. The highest BCUT2D eigenvalue weighted by Crippen LogP contribution is 2.42. The van der Waals surface area contributed by atoms with E-state index in [0.717, 1.165) is 12.1 Å². The summed E-state index contributed by atoms with van der Waals surface area (Å²) in [4.78, 5) is 50.1. The fourth-order valence-electron chi connectivity index (χ4n) is 3.82. The minimum atomic E-state index is -1.31. The van der Waals surface area contributed by atoms with E-state index in [1.165, 1.54) is 13.8 Å². The Balaban J connectivity index is 2.04. The van der Waals surface area contributed by atoms with Crippen LogP contribution in [0.3, 0.4) is 0 Å². The highest BCUT2D eigenvalue weighted by Gasteiger charge is 2.38. The quantitative estimate of drug-likeness (QED) is 0.172. The molecule has 2 aromatic rings. The van der Waals surface area contributed by atoms with E-state index in [1.807, 2.05) is 0 Å². The number of anilines is 2. The van der Waals surface area contributed by atoms with E-state index >= 15 is 0 Å². The predicted octanol–water partition coefficient (Wildman–Crippen LogP) is -0.117. The van der Waals surface area contributed by atoms with Crippen molar-refractivity contribution in [3.63, 3.8) is 0 Å². The molecule has 2 atom stereocenters. The summed E-state index contributed by atoms with van der Waals surface area (Å²) in [6, 6.07) is 5.34. The van der Waals surface area contributed by atoms with Crippen LogP contribution in [-0.4, -0.2) is 57.8 Å². The summed E-state index contributed by atoms with van der Waals surface area (Å²) in [7, 11) is 0. The lowest BCUT2D eigenvalue weighted by Crippen LogP contribution is -2.50. The average molecular weight is 499 g/mol. The minimum absolute atomic E-state index is 0.0402. The Bertz CT molecular complexity index is 1170. The van der Waals surface area contributed by atoms with Gasteiger partial charge in [-0.1, -0.05) is 0 Å². The molecule has 3 rings (SSSR count). The summed E-state index contributed by atoms with van der Waals surface area (Å²) in [5.74, 6) is -3.70. The molecule has 0 aromatic heterocycles. The van der Waals surface area contributed by atoms with Gasteiger partial charge in [-0.25, -0.2) is 0 Å². The standard InChI is InChI=1S/C24H30N6O6/c1-23(27,21(25)35)7-9-29-11-3-4-12(30-10-8-24(2,28)22(26)36)16-15(11)19(33)17-13(31)5-6-14(32)18(17)20(16)34/h3-6,29-32H,7-10,27-28H2,1-2H3,(H2,25,35)(H2,26,36). The Morgan fingerprint density at radius 3 is 1.36 bits per heavy atom. The molecule has 12 nitrogen and oxygen atoms in total. The molecule has 12 N–H and O–H groups in total. The smallest absolute Gasteiger partial charge is 0.237 e. The first-order valence-corrected chi connectivity index (χ1v) is 11.2. The third-order valence-corrected chi connectivity index (χ3v) is 6.32. The van der Waals surface area contributed by atoms with Gasteiger partial charge < -0.3 is 43.8 Å². The molecule has 0 fully saturated rings. The van der Waals surface area contributed by atoms with Crippen LogP contribution in [0.25, 0.3) is 0 Å². The van der Waals surface area contributed by atoms with Crippen LogP contribution in [-0.2, 0) is 9.59 Å². The molecule has 2 amide bonds. The number of hydrogen-bond acceptors (Lipinski definition) is 10. The number of ketones is 2. The normalized spacial score (nSPS) is 15.8. The number of benzene rings is 2. The number of nitrogens with one attached hydrogen (secondary N) is 2. The number of amides is 2. The first-order valence-electron chi connectivity index (χ1n) is 11.2. The molecule has 0 spiro atoms. The highest BCUT2D eigenvalue weighted by molar-refractivity contribution is 6.33. The lowest BCUT2D eigenvalue weighted by atomic mass is 9.81. The zero-order valence-corrected chi connectivity index (χ0v) is 20.0. The van der Waals surface area contributed by atoms with Crippen LogP contribution in [0.15, 0.2) is 24.3 Å². The lowest BCUT2D eigenvalue weighted by Gasteiger charge is -2.26. The molecule has 1 aliphatic carbocycles. The first-order chi connectivity index (χ1) is 16.7. The molecule has 2 aromatic carbocycles. The molecular weight excluding hydrogens is 468 g/mol.